The highest BCUT2D eigenvalue weighted by molar-refractivity contribution is 5.97. The van der Waals surface area contributed by atoms with Gasteiger partial charge in [-0.3, -0.25) is 4.79 Å². The van der Waals surface area contributed by atoms with E-state index in [0.29, 0.717) is 29.8 Å². The molecule has 1 amide bonds. The zero-order valence-corrected chi connectivity index (χ0v) is 18.3. The van der Waals surface area contributed by atoms with Crippen LogP contribution >= 0.6 is 0 Å². The molecule has 0 spiro atoms. The highest BCUT2D eigenvalue weighted by atomic mass is 19.1. The third-order valence-corrected chi connectivity index (χ3v) is 5.26. The Bertz CT molecular complexity index is 982. The molecule has 0 saturated carbocycles. The number of carbonyl (C=O) groups is 1. The molecule has 1 N–H and O–H groups in total. The molecule has 2 aromatic rings. The molecule has 2 heterocycles. The van der Waals surface area contributed by atoms with Crippen molar-refractivity contribution in [1.82, 2.24) is 14.8 Å². The quantitative estimate of drug-likeness (QED) is 0.762. The van der Waals surface area contributed by atoms with E-state index in [0.717, 1.165) is 0 Å². The molecule has 7 heteroatoms. The van der Waals surface area contributed by atoms with E-state index >= 15 is 0 Å². The molecule has 3 rings (SSSR count). The minimum absolute atomic E-state index is 0.0493. The molecule has 0 bridgehead atoms. The maximum atomic E-state index is 13.3. The lowest BCUT2D eigenvalue weighted by molar-refractivity contribution is 0.0348. The van der Waals surface area contributed by atoms with Crippen molar-refractivity contribution >= 4 is 5.91 Å². The van der Waals surface area contributed by atoms with Crippen LogP contribution in [0.3, 0.4) is 0 Å². The monoisotopic (exact) mass is 425 g/mol. The Morgan fingerprint density at radius 3 is 2.61 bits per heavy atom. The summed E-state index contributed by atoms with van der Waals surface area (Å²) in [6, 6.07) is 7.21. The van der Waals surface area contributed by atoms with Crippen molar-refractivity contribution in [3.05, 3.63) is 59.0 Å². The Morgan fingerprint density at radius 1 is 1.29 bits per heavy atom. The SMILES string of the molecule is C[C@@H]1CN([C@@H](C)CO)C(=O)c2cc(C#Cc3ccc(F)cc3)cnc2O[C@@H]1CN(C)C. The molecule has 1 aliphatic heterocycles. The van der Waals surface area contributed by atoms with Gasteiger partial charge in [0.1, 0.15) is 17.5 Å². The van der Waals surface area contributed by atoms with Crippen LogP contribution in [0.15, 0.2) is 36.5 Å². The van der Waals surface area contributed by atoms with E-state index in [9.17, 15) is 14.3 Å². The number of fused-ring (bicyclic) bond motifs is 1. The maximum Gasteiger partial charge on any atom is 0.259 e. The van der Waals surface area contributed by atoms with E-state index in [1.165, 1.54) is 12.1 Å². The van der Waals surface area contributed by atoms with Crippen molar-refractivity contribution in [1.29, 1.82) is 0 Å². The van der Waals surface area contributed by atoms with Crippen LogP contribution in [0.5, 0.6) is 5.88 Å². The average Bonchev–Trinajstić information content (AvgIpc) is 2.75. The Balaban J connectivity index is 1.99. The average molecular weight is 426 g/mol. The molecular weight excluding hydrogens is 397 g/mol. The Labute approximate surface area is 182 Å². The predicted molar refractivity (Wildman–Crippen MR) is 116 cm³/mol. The first kappa shape index (κ1) is 22.7. The summed E-state index contributed by atoms with van der Waals surface area (Å²) in [6.07, 6.45) is 1.40. The second kappa shape index (κ2) is 9.90. The van der Waals surface area contributed by atoms with E-state index < -0.39 is 0 Å². The zero-order chi connectivity index (χ0) is 22.5. The van der Waals surface area contributed by atoms with Gasteiger partial charge in [0.05, 0.1) is 12.6 Å². The van der Waals surface area contributed by atoms with E-state index in [2.05, 4.69) is 16.8 Å². The number of aliphatic hydroxyl groups excluding tert-OH is 1. The van der Waals surface area contributed by atoms with Crippen molar-refractivity contribution < 1.29 is 19.0 Å². The molecule has 3 atom stereocenters. The first-order valence-electron chi connectivity index (χ1n) is 10.3. The summed E-state index contributed by atoms with van der Waals surface area (Å²) in [5.74, 6) is 5.68. The summed E-state index contributed by atoms with van der Waals surface area (Å²) in [5.41, 5.74) is 1.53. The van der Waals surface area contributed by atoms with Gasteiger partial charge in [-0.1, -0.05) is 18.8 Å². The van der Waals surface area contributed by atoms with Crippen LogP contribution in [-0.2, 0) is 0 Å². The molecule has 6 nitrogen and oxygen atoms in total. The van der Waals surface area contributed by atoms with Crippen molar-refractivity contribution in [2.45, 2.75) is 26.0 Å². The number of hydrogen-bond acceptors (Lipinski definition) is 5. The number of likely N-dealkylation sites (N-methyl/N-ethyl adjacent to an activating group) is 1. The molecule has 0 fully saturated rings. The normalized spacial score (nSPS) is 19.6. The largest absolute Gasteiger partial charge is 0.472 e. The smallest absolute Gasteiger partial charge is 0.259 e. The number of hydrogen-bond donors (Lipinski definition) is 1. The fourth-order valence-corrected chi connectivity index (χ4v) is 3.43. The second-order valence-corrected chi connectivity index (χ2v) is 8.22. The number of aliphatic hydroxyl groups is 1. The summed E-state index contributed by atoms with van der Waals surface area (Å²) < 4.78 is 19.3. The molecule has 0 aliphatic carbocycles. The third kappa shape index (κ3) is 5.60. The van der Waals surface area contributed by atoms with Gasteiger partial charge in [-0.2, -0.15) is 0 Å². The molecule has 0 radical (unpaired) electrons. The minimum Gasteiger partial charge on any atom is -0.472 e. The molecular formula is C24H28FN3O3. The van der Waals surface area contributed by atoms with E-state index in [-0.39, 0.29) is 42.3 Å². The number of aromatic nitrogens is 1. The molecule has 0 saturated heterocycles. The fourth-order valence-electron chi connectivity index (χ4n) is 3.43. The van der Waals surface area contributed by atoms with Crippen LogP contribution in [0, 0.1) is 23.6 Å². The minimum atomic E-state index is -0.338. The van der Waals surface area contributed by atoms with E-state index in [1.807, 2.05) is 32.8 Å². The molecule has 1 aromatic heterocycles. The number of halogens is 1. The van der Waals surface area contributed by atoms with Gasteiger partial charge in [-0.15, -0.1) is 0 Å². The molecule has 164 valence electrons. The highest BCUT2D eigenvalue weighted by Crippen LogP contribution is 2.27. The van der Waals surface area contributed by atoms with Crippen LogP contribution in [0.2, 0.25) is 0 Å². The number of rotatable bonds is 4. The Kier molecular flexibility index (Phi) is 7.26. The lowest BCUT2D eigenvalue weighted by Gasteiger charge is -2.37. The third-order valence-electron chi connectivity index (χ3n) is 5.26. The van der Waals surface area contributed by atoms with Gasteiger partial charge < -0.3 is 19.6 Å². The van der Waals surface area contributed by atoms with E-state index in [1.54, 1.807) is 29.3 Å². The van der Waals surface area contributed by atoms with Crippen molar-refractivity contribution in [2.24, 2.45) is 5.92 Å². The van der Waals surface area contributed by atoms with Crippen LogP contribution in [0.25, 0.3) is 0 Å². The van der Waals surface area contributed by atoms with Gasteiger partial charge >= 0.3 is 0 Å². The predicted octanol–water partition coefficient (Wildman–Crippen LogP) is 2.40. The van der Waals surface area contributed by atoms with Crippen molar-refractivity contribution in [3.8, 4) is 17.7 Å². The molecule has 1 aliphatic rings. The van der Waals surface area contributed by atoms with Gasteiger partial charge in [0, 0.05) is 36.3 Å². The maximum absolute atomic E-state index is 13.3. The highest BCUT2D eigenvalue weighted by Gasteiger charge is 2.33. The van der Waals surface area contributed by atoms with Crippen LogP contribution in [0.1, 0.15) is 35.3 Å². The van der Waals surface area contributed by atoms with Crippen LogP contribution < -0.4 is 4.74 Å². The lowest BCUT2D eigenvalue weighted by atomic mass is 10.00. The molecule has 0 unspecified atom stereocenters. The number of nitrogens with zero attached hydrogens (tertiary/aromatic N) is 3. The van der Waals surface area contributed by atoms with Crippen LogP contribution in [0.4, 0.5) is 4.39 Å². The van der Waals surface area contributed by atoms with Crippen molar-refractivity contribution in [2.75, 3.05) is 33.8 Å². The van der Waals surface area contributed by atoms with Gasteiger partial charge in [0.2, 0.25) is 5.88 Å². The summed E-state index contributed by atoms with van der Waals surface area (Å²) in [6.45, 7) is 4.85. The van der Waals surface area contributed by atoms with Gasteiger partial charge in [0.15, 0.2) is 0 Å². The van der Waals surface area contributed by atoms with Crippen molar-refractivity contribution in [3.63, 3.8) is 0 Å². The first-order chi connectivity index (χ1) is 14.8. The second-order valence-electron chi connectivity index (χ2n) is 8.22. The van der Waals surface area contributed by atoms with Gasteiger partial charge in [-0.05, 0) is 51.4 Å². The molecule has 31 heavy (non-hydrogen) atoms. The fraction of sp³-hybridized carbons (Fsp3) is 0.417. The molecule has 1 aromatic carbocycles. The topological polar surface area (TPSA) is 65.9 Å². The Hall–Kier alpha value is -2.95. The number of amides is 1. The first-order valence-corrected chi connectivity index (χ1v) is 10.3. The number of carbonyl (C=O) groups excluding carboxylic acids is 1. The Morgan fingerprint density at radius 2 is 1.97 bits per heavy atom. The van der Waals surface area contributed by atoms with Gasteiger partial charge in [-0.25, -0.2) is 9.37 Å². The standard InChI is InChI=1S/C24H28FN3O3/c1-16-13-28(17(2)15-29)24(30)21-11-19(6-5-18-7-9-20(25)10-8-18)12-26-23(21)31-22(16)14-27(3)4/h7-12,16-17,22,29H,13-15H2,1-4H3/t16-,17+,22-/m1/s1. The zero-order valence-electron chi connectivity index (χ0n) is 18.3. The summed E-state index contributed by atoms with van der Waals surface area (Å²) in [4.78, 5) is 21.4. The van der Waals surface area contributed by atoms with Crippen LogP contribution in [-0.4, -0.2) is 71.7 Å². The lowest BCUT2D eigenvalue weighted by Crippen LogP contribution is -2.49. The summed E-state index contributed by atoms with van der Waals surface area (Å²) in [5, 5.41) is 9.70. The van der Waals surface area contributed by atoms with E-state index in [4.69, 9.17) is 4.74 Å². The number of benzene rings is 1. The number of ether oxygens (including phenoxy) is 1. The van der Waals surface area contributed by atoms with Gasteiger partial charge in [0.25, 0.3) is 5.91 Å². The summed E-state index contributed by atoms with van der Waals surface area (Å²) in [7, 11) is 3.94. The summed E-state index contributed by atoms with van der Waals surface area (Å²) >= 11 is 0. The number of pyridine rings is 1.